The van der Waals surface area contributed by atoms with Crippen molar-refractivity contribution < 1.29 is 8.39 Å². The lowest BCUT2D eigenvalue weighted by atomic mass is 10.1. The SMILES string of the molecule is CC1(C)OS(=O)C=C1Cl. The zero-order valence-electron chi connectivity index (χ0n) is 5.18. The van der Waals surface area contributed by atoms with Gasteiger partial charge in [-0.1, -0.05) is 11.6 Å². The molecule has 2 nitrogen and oxygen atoms in total. The minimum Gasteiger partial charge on any atom is -0.275 e. The van der Waals surface area contributed by atoms with Gasteiger partial charge in [-0.2, -0.15) is 0 Å². The van der Waals surface area contributed by atoms with E-state index in [1.807, 2.05) is 0 Å². The van der Waals surface area contributed by atoms with Crippen LogP contribution >= 0.6 is 11.6 Å². The van der Waals surface area contributed by atoms with Crippen LogP contribution in [0.3, 0.4) is 0 Å². The minimum atomic E-state index is -1.32. The summed E-state index contributed by atoms with van der Waals surface area (Å²) in [5, 5.41) is 1.92. The summed E-state index contributed by atoms with van der Waals surface area (Å²) in [7, 11) is 0. The van der Waals surface area contributed by atoms with Gasteiger partial charge in [0.15, 0.2) is 11.1 Å². The Morgan fingerprint density at radius 1 is 1.78 bits per heavy atom. The predicted molar refractivity (Wildman–Crippen MR) is 37.2 cm³/mol. The van der Waals surface area contributed by atoms with Gasteiger partial charge in [0.05, 0.1) is 5.03 Å². The third kappa shape index (κ3) is 1.34. The monoisotopic (exact) mass is 166 g/mol. The fraction of sp³-hybridized carbons (Fsp3) is 0.600. The standard InChI is InChI=1S/C5H7ClO2S/c1-5(2)4(6)3-9(7)8-5/h3H,1-2H3. The second-order valence-corrected chi connectivity index (χ2v) is 3.65. The van der Waals surface area contributed by atoms with Crippen LogP contribution in [-0.4, -0.2) is 9.81 Å². The Morgan fingerprint density at radius 3 is 2.44 bits per heavy atom. The molecular formula is C5H7ClO2S. The summed E-state index contributed by atoms with van der Waals surface area (Å²) in [6.07, 6.45) is 0. The molecule has 0 aromatic heterocycles. The summed E-state index contributed by atoms with van der Waals surface area (Å²) >= 11 is 4.33. The molecule has 9 heavy (non-hydrogen) atoms. The van der Waals surface area contributed by atoms with Crippen LogP contribution in [0.25, 0.3) is 0 Å². The van der Waals surface area contributed by atoms with Gasteiger partial charge in [-0.25, -0.2) is 4.21 Å². The second kappa shape index (κ2) is 2.08. The normalized spacial score (nSPS) is 32.3. The highest BCUT2D eigenvalue weighted by Crippen LogP contribution is 2.31. The Hall–Kier alpha value is 0.140. The molecule has 52 valence electrons. The maximum absolute atomic E-state index is 10.6. The molecule has 0 aromatic rings. The summed E-state index contributed by atoms with van der Waals surface area (Å²) in [5.41, 5.74) is -0.549. The first-order chi connectivity index (χ1) is 4.02. The number of hydrogen-bond acceptors (Lipinski definition) is 2. The molecule has 0 aliphatic carbocycles. The van der Waals surface area contributed by atoms with Crippen LogP contribution in [0.15, 0.2) is 10.4 Å². The lowest BCUT2D eigenvalue weighted by Crippen LogP contribution is -2.19. The van der Waals surface area contributed by atoms with Crippen molar-refractivity contribution in [3.05, 3.63) is 10.4 Å². The Bertz CT molecular complexity index is 185. The van der Waals surface area contributed by atoms with Gasteiger partial charge in [0.1, 0.15) is 5.60 Å². The van der Waals surface area contributed by atoms with Crippen molar-refractivity contribution >= 4 is 22.7 Å². The highest BCUT2D eigenvalue weighted by Gasteiger charge is 2.31. The third-order valence-corrected chi connectivity index (χ3v) is 2.77. The Morgan fingerprint density at radius 2 is 2.33 bits per heavy atom. The van der Waals surface area contributed by atoms with Crippen LogP contribution in [0.4, 0.5) is 0 Å². The van der Waals surface area contributed by atoms with Crippen molar-refractivity contribution in [3.8, 4) is 0 Å². The molecule has 0 aromatic carbocycles. The van der Waals surface area contributed by atoms with Crippen LogP contribution in [-0.2, 0) is 15.3 Å². The van der Waals surface area contributed by atoms with Gasteiger partial charge in [-0.15, -0.1) is 0 Å². The largest absolute Gasteiger partial charge is 0.275 e. The van der Waals surface area contributed by atoms with Gasteiger partial charge in [0.2, 0.25) is 0 Å². The summed E-state index contributed by atoms with van der Waals surface area (Å²) in [4.78, 5) is 0. The molecule has 4 heteroatoms. The van der Waals surface area contributed by atoms with Gasteiger partial charge in [-0.05, 0) is 13.8 Å². The minimum absolute atomic E-state index is 0.515. The first-order valence-corrected chi connectivity index (χ1v) is 4.02. The molecule has 0 radical (unpaired) electrons. The van der Waals surface area contributed by atoms with E-state index in [9.17, 15) is 4.21 Å². The zero-order valence-corrected chi connectivity index (χ0v) is 6.75. The van der Waals surface area contributed by atoms with E-state index in [4.69, 9.17) is 15.8 Å². The van der Waals surface area contributed by atoms with Crippen molar-refractivity contribution in [3.63, 3.8) is 0 Å². The lowest BCUT2D eigenvalue weighted by molar-refractivity contribution is 0.192. The maximum Gasteiger partial charge on any atom is 0.183 e. The van der Waals surface area contributed by atoms with Crippen LogP contribution in [0.2, 0.25) is 0 Å². The molecular weight excluding hydrogens is 160 g/mol. The van der Waals surface area contributed by atoms with Gasteiger partial charge in [0, 0.05) is 5.41 Å². The van der Waals surface area contributed by atoms with E-state index in [1.165, 1.54) is 5.41 Å². The average Bonchev–Trinajstić information content (AvgIpc) is 1.79. The number of rotatable bonds is 0. The van der Waals surface area contributed by atoms with E-state index in [1.54, 1.807) is 13.8 Å². The van der Waals surface area contributed by atoms with Crippen LogP contribution in [0, 0.1) is 0 Å². The van der Waals surface area contributed by atoms with Gasteiger partial charge >= 0.3 is 0 Å². The van der Waals surface area contributed by atoms with E-state index in [0.29, 0.717) is 5.03 Å². The predicted octanol–water partition coefficient (Wildman–Crippen LogP) is 1.54. The molecule has 0 amide bonds. The molecule has 0 bridgehead atoms. The van der Waals surface area contributed by atoms with Crippen molar-refractivity contribution in [1.29, 1.82) is 0 Å². The van der Waals surface area contributed by atoms with Crippen molar-refractivity contribution in [2.24, 2.45) is 0 Å². The molecule has 0 spiro atoms. The second-order valence-electron chi connectivity index (χ2n) is 2.32. The van der Waals surface area contributed by atoms with E-state index in [0.717, 1.165) is 0 Å². The molecule has 0 N–H and O–H groups in total. The molecule has 1 heterocycles. The number of hydrogen-bond donors (Lipinski definition) is 0. The fourth-order valence-corrected chi connectivity index (χ4v) is 1.80. The van der Waals surface area contributed by atoms with Crippen molar-refractivity contribution in [2.75, 3.05) is 0 Å². The summed E-state index contributed by atoms with van der Waals surface area (Å²) < 4.78 is 15.5. The molecule has 0 saturated heterocycles. The van der Waals surface area contributed by atoms with Crippen LogP contribution < -0.4 is 0 Å². The van der Waals surface area contributed by atoms with Crippen LogP contribution in [0.5, 0.6) is 0 Å². The van der Waals surface area contributed by atoms with E-state index < -0.39 is 16.7 Å². The van der Waals surface area contributed by atoms with Crippen molar-refractivity contribution in [1.82, 2.24) is 0 Å². The molecule has 0 saturated carbocycles. The molecule has 1 aliphatic heterocycles. The Labute approximate surface area is 61.5 Å². The van der Waals surface area contributed by atoms with E-state index >= 15 is 0 Å². The van der Waals surface area contributed by atoms with E-state index in [2.05, 4.69) is 0 Å². The summed E-state index contributed by atoms with van der Waals surface area (Å²) in [6, 6.07) is 0. The maximum atomic E-state index is 10.6. The van der Waals surface area contributed by atoms with Crippen molar-refractivity contribution in [2.45, 2.75) is 19.4 Å². The first kappa shape index (κ1) is 7.25. The average molecular weight is 167 g/mol. The summed E-state index contributed by atoms with van der Waals surface area (Å²) in [6.45, 7) is 3.55. The zero-order chi connectivity index (χ0) is 7.07. The van der Waals surface area contributed by atoms with E-state index in [-0.39, 0.29) is 0 Å². The molecule has 1 rings (SSSR count). The molecule has 1 aliphatic rings. The highest BCUT2D eigenvalue weighted by atomic mass is 35.5. The first-order valence-electron chi connectivity index (χ1n) is 2.50. The number of halogens is 1. The molecule has 1 unspecified atom stereocenters. The molecule has 1 atom stereocenters. The Kier molecular flexibility index (Phi) is 1.67. The summed E-state index contributed by atoms with van der Waals surface area (Å²) in [5.74, 6) is 0. The topological polar surface area (TPSA) is 26.3 Å². The van der Waals surface area contributed by atoms with Gasteiger partial charge < -0.3 is 0 Å². The van der Waals surface area contributed by atoms with Crippen LogP contribution in [0.1, 0.15) is 13.8 Å². The Balaban J connectivity index is 2.89. The third-order valence-electron chi connectivity index (χ3n) is 1.07. The van der Waals surface area contributed by atoms with Gasteiger partial charge in [-0.3, -0.25) is 4.18 Å². The smallest absolute Gasteiger partial charge is 0.183 e. The molecule has 0 fully saturated rings. The fourth-order valence-electron chi connectivity index (χ4n) is 0.496. The quantitative estimate of drug-likeness (QED) is 0.546. The lowest BCUT2D eigenvalue weighted by Gasteiger charge is -2.14. The highest BCUT2D eigenvalue weighted by molar-refractivity contribution is 7.83. The van der Waals surface area contributed by atoms with Gasteiger partial charge in [0.25, 0.3) is 0 Å².